The van der Waals surface area contributed by atoms with Crippen LogP contribution in [-0.2, 0) is 4.74 Å². The van der Waals surface area contributed by atoms with E-state index in [4.69, 9.17) is 10.5 Å². The van der Waals surface area contributed by atoms with E-state index in [9.17, 15) is 0 Å². The summed E-state index contributed by atoms with van der Waals surface area (Å²) >= 11 is 0. The Balaban J connectivity index is 1.84. The van der Waals surface area contributed by atoms with E-state index in [1.807, 2.05) is 0 Å². The molecule has 2 aliphatic rings. The largest absolute Gasteiger partial charge is 0.372 e. The first-order chi connectivity index (χ1) is 8.69. The molecule has 106 valence electrons. The molecule has 0 aromatic heterocycles. The molecule has 1 saturated carbocycles. The molecular formula is C15H30N2O. The number of hydrogen-bond acceptors (Lipinski definition) is 3. The summed E-state index contributed by atoms with van der Waals surface area (Å²) in [4.78, 5) is 2.70. The predicted octanol–water partition coefficient (Wildman–Crippen LogP) is 2.39. The molecule has 2 N–H and O–H groups in total. The van der Waals surface area contributed by atoms with Crippen LogP contribution in [0.5, 0.6) is 0 Å². The van der Waals surface area contributed by atoms with E-state index in [1.165, 1.54) is 38.6 Å². The SMILES string of the molecule is CC(C)CN(CC1CCC(CN)O1)C1CCCC1. The molecule has 18 heavy (non-hydrogen) atoms. The van der Waals surface area contributed by atoms with Crippen molar-refractivity contribution in [3.63, 3.8) is 0 Å². The molecule has 2 rings (SSSR count). The fraction of sp³-hybridized carbons (Fsp3) is 1.00. The maximum atomic E-state index is 6.02. The van der Waals surface area contributed by atoms with Crippen LogP contribution in [-0.4, -0.2) is 42.8 Å². The molecule has 1 aliphatic carbocycles. The van der Waals surface area contributed by atoms with Gasteiger partial charge in [0.05, 0.1) is 12.2 Å². The standard InChI is InChI=1S/C15H30N2O/c1-12(2)10-17(13-5-3-4-6-13)11-15-8-7-14(9-16)18-15/h12-15H,3-11,16H2,1-2H3. The molecule has 0 spiro atoms. The number of nitrogens with two attached hydrogens (primary N) is 1. The second-order valence-electron chi connectivity index (χ2n) is 6.48. The van der Waals surface area contributed by atoms with Gasteiger partial charge >= 0.3 is 0 Å². The monoisotopic (exact) mass is 254 g/mol. The summed E-state index contributed by atoms with van der Waals surface area (Å²) in [5, 5.41) is 0. The zero-order chi connectivity index (χ0) is 13.0. The molecule has 0 amide bonds. The Kier molecular flexibility index (Phi) is 5.46. The van der Waals surface area contributed by atoms with Crippen LogP contribution in [0.2, 0.25) is 0 Å². The van der Waals surface area contributed by atoms with Crippen LogP contribution in [0.3, 0.4) is 0 Å². The van der Waals surface area contributed by atoms with E-state index in [-0.39, 0.29) is 0 Å². The molecule has 2 unspecified atom stereocenters. The lowest BCUT2D eigenvalue weighted by Gasteiger charge is -2.32. The number of hydrogen-bond donors (Lipinski definition) is 1. The smallest absolute Gasteiger partial charge is 0.0707 e. The van der Waals surface area contributed by atoms with Crippen molar-refractivity contribution in [2.24, 2.45) is 11.7 Å². The molecule has 1 aliphatic heterocycles. The summed E-state index contributed by atoms with van der Waals surface area (Å²) in [6.45, 7) is 7.67. The third-order valence-electron chi connectivity index (χ3n) is 4.34. The van der Waals surface area contributed by atoms with Gasteiger partial charge in [-0.1, -0.05) is 26.7 Å². The van der Waals surface area contributed by atoms with Gasteiger partial charge in [-0.25, -0.2) is 0 Å². The molecule has 2 atom stereocenters. The van der Waals surface area contributed by atoms with Gasteiger partial charge in [-0.2, -0.15) is 0 Å². The molecule has 0 aromatic rings. The molecule has 0 bridgehead atoms. The fourth-order valence-corrected chi connectivity index (χ4v) is 3.46. The Hall–Kier alpha value is -0.120. The average molecular weight is 254 g/mol. The summed E-state index contributed by atoms with van der Waals surface area (Å²) in [7, 11) is 0. The minimum atomic E-state index is 0.319. The highest BCUT2D eigenvalue weighted by molar-refractivity contribution is 4.83. The molecule has 3 nitrogen and oxygen atoms in total. The van der Waals surface area contributed by atoms with E-state index >= 15 is 0 Å². The van der Waals surface area contributed by atoms with Gasteiger partial charge in [-0.15, -0.1) is 0 Å². The Morgan fingerprint density at radius 1 is 1.11 bits per heavy atom. The van der Waals surface area contributed by atoms with Crippen LogP contribution < -0.4 is 5.73 Å². The second kappa shape index (κ2) is 6.88. The van der Waals surface area contributed by atoms with Gasteiger partial charge in [0.25, 0.3) is 0 Å². The maximum absolute atomic E-state index is 6.02. The molecule has 2 fully saturated rings. The summed E-state index contributed by atoms with van der Waals surface area (Å²) < 4.78 is 6.02. The second-order valence-corrected chi connectivity index (χ2v) is 6.48. The molecule has 0 radical (unpaired) electrons. The Bertz CT molecular complexity index is 239. The lowest BCUT2D eigenvalue weighted by atomic mass is 10.1. The van der Waals surface area contributed by atoms with Crippen LogP contribution in [0.25, 0.3) is 0 Å². The minimum Gasteiger partial charge on any atom is -0.372 e. The predicted molar refractivity (Wildman–Crippen MR) is 75.6 cm³/mol. The van der Waals surface area contributed by atoms with Gasteiger partial charge in [-0.3, -0.25) is 4.90 Å². The van der Waals surface area contributed by atoms with E-state index in [1.54, 1.807) is 0 Å². The van der Waals surface area contributed by atoms with E-state index in [0.717, 1.165) is 24.9 Å². The zero-order valence-corrected chi connectivity index (χ0v) is 12.1. The van der Waals surface area contributed by atoms with Crippen molar-refractivity contribution in [2.45, 2.75) is 70.6 Å². The van der Waals surface area contributed by atoms with Crippen molar-refractivity contribution < 1.29 is 4.74 Å². The topological polar surface area (TPSA) is 38.5 Å². The number of rotatable bonds is 6. The molecular weight excluding hydrogens is 224 g/mol. The lowest BCUT2D eigenvalue weighted by Crippen LogP contribution is -2.41. The van der Waals surface area contributed by atoms with Crippen molar-refractivity contribution >= 4 is 0 Å². The highest BCUT2D eigenvalue weighted by atomic mass is 16.5. The Morgan fingerprint density at radius 3 is 2.33 bits per heavy atom. The number of nitrogens with zero attached hydrogens (tertiary/aromatic N) is 1. The third kappa shape index (κ3) is 3.94. The molecule has 3 heteroatoms. The highest BCUT2D eigenvalue weighted by Gasteiger charge is 2.30. The summed E-state index contributed by atoms with van der Waals surface area (Å²) in [6, 6.07) is 0.813. The molecule has 0 aromatic carbocycles. The van der Waals surface area contributed by atoms with Gasteiger partial charge in [0.1, 0.15) is 0 Å². The van der Waals surface area contributed by atoms with Crippen molar-refractivity contribution in [1.29, 1.82) is 0 Å². The van der Waals surface area contributed by atoms with Gasteiger partial charge in [-0.05, 0) is 31.6 Å². The number of ether oxygens (including phenoxy) is 1. The average Bonchev–Trinajstić information content (AvgIpc) is 2.98. The zero-order valence-electron chi connectivity index (χ0n) is 12.1. The fourth-order valence-electron chi connectivity index (χ4n) is 3.46. The van der Waals surface area contributed by atoms with Crippen molar-refractivity contribution in [1.82, 2.24) is 4.90 Å². The third-order valence-corrected chi connectivity index (χ3v) is 4.34. The summed E-state index contributed by atoms with van der Waals surface area (Å²) in [5.74, 6) is 0.748. The van der Waals surface area contributed by atoms with Gasteiger partial charge in [0.15, 0.2) is 0 Å². The van der Waals surface area contributed by atoms with Crippen molar-refractivity contribution in [3.05, 3.63) is 0 Å². The first-order valence-electron chi connectivity index (χ1n) is 7.78. The first-order valence-corrected chi connectivity index (χ1v) is 7.78. The van der Waals surface area contributed by atoms with Crippen LogP contribution in [0.15, 0.2) is 0 Å². The minimum absolute atomic E-state index is 0.319. The lowest BCUT2D eigenvalue weighted by molar-refractivity contribution is 0.0150. The van der Waals surface area contributed by atoms with Crippen molar-refractivity contribution in [2.75, 3.05) is 19.6 Å². The van der Waals surface area contributed by atoms with E-state index < -0.39 is 0 Å². The van der Waals surface area contributed by atoms with Gasteiger partial charge in [0, 0.05) is 25.7 Å². The summed E-state index contributed by atoms with van der Waals surface area (Å²) in [6.07, 6.45) is 8.70. The van der Waals surface area contributed by atoms with Crippen LogP contribution in [0, 0.1) is 5.92 Å². The summed E-state index contributed by atoms with van der Waals surface area (Å²) in [5.41, 5.74) is 5.69. The van der Waals surface area contributed by atoms with Gasteiger partial charge < -0.3 is 10.5 Å². The first kappa shape index (κ1) is 14.3. The Morgan fingerprint density at radius 2 is 1.78 bits per heavy atom. The maximum Gasteiger partial charge on any atom is 0.0707 e. The van der Waals surface area contributed by atoms with Crippen LogP contribution in [0.1, 0.15) is 52.4 Å². The van der Waals surface area contributed by atoms with Crippen LogP contribution in [0.4, 0.5) is 0 Å². The van der Waals surface area contributed by atoms with E-state index in [0.29, 0.717) is 18.8 Å². The normalized spacial score (nSPS) is 29.8. The van der Waals surface area contributed by atoms with Crippen LogP contribution >= 0.6 is 0 Å². The quantitative estimate of drug-likeness (QED) is 0.791. The molecule has 1 heterocycles. The van der Waals surface area contributed by atoms with Crippen molar-refractivity contribution in [3.8, 4) is 0 Å². The van der Waals surface area contributed by atoms with E-state index in [2.05, 4.69) is 18.7 Å². The van der Waals surface area contributed by atoms with Gasteiger partial charge in [0.2, 0.25) is 0 Å². The Labute approximate surface area is 112 Å². The molecule has 1 saturated heterocycles. The highest BCUT2D eigenvalue weighted by Crippen LogP contribution is 2.27.